The van der Waals surface area contributed by atoms with E-state index < -0.39 is 35.3 Å². The first-order valence-corrected chi connectivity index (χ1v) is 16.7. The molecule has 3 rings (SSSR count). The van der Waals surface area contributed by atoms with E-state index in [1.807, 2.05) is 0 Å². The lowest BCUT2D eigenvalue weighted by Gasteiger charge is -2.51. The van der Waals surface area contributed by atoms with Crippen molar-refractivity contribution in [2.45, 2.75) is 102 Å². The Morgan fingerprint density at radius 2 is 1.47 bits per heavy atom. The van der Waals surface area contributed by atoms with Gasteiger partial charge in [-0.1, -0.05) is 55.4 Å². The van der Waals surface area contributed by atoms with Crippen molar-refractivity contribution in [3.63, 3.8) is 0 Å². The Morgan fingerprint density at radius 3 is 1.97 bits per heavy atom. The van der Waals surface area contributed by atoms with Crippen molar-refractivity contribution in [2.24, 2.45) is 0 Å². The van der Waals surface area contributed by atoms with Crippen LogP contribution in [0.4, 0.5) is 0 Å². The van der Waals surface area contributed by atoms with E-state index in [-0.39, 0.29) is 45.8 Å². The minimum atomic E-state index is -2.79. The Balaban J connectivity index is 2.05. The van der Waals surface area contributed by atoms with E-state index in [9.17, 15) is 9.59 Å². The maximum atomic E-state index is 12.6. The molecule has 10 nitrogen and oxygen atoms in total. The standard InChI is InChI=1S/C24H42N2O8Si2/c1-14(2)35(15(3)4)31-12-19-18(33-36(34-35,16(5)6)17(7)8)11-20(32-19)26-13-25-21(23(27)29-9)22(26)24(28)30-10/h13-20H,11-12H2,1-10H3/t18-,19+,20+/m0/s1. The highest BCUT2D eigenvalue weighted by Crippen LogP contribution is 2.48. The van der Waals surface area contributed by atoms with Crippen LogP contribution in [0.5, 0.6) is 0 Å². The molecule has 0 bridgehead atoms. The van der Waals surface area contributed by atoms with Crippen molar-refractivity contribution >= 4 is 29.1 Å². The third-order valence-corrected chi connectivity index (χ3v) is 17.7. The number of hydrogen-bond acceptors (Lipinski definition) is 9. The second kappa shape index (κ2) is 11.0. The van der Waals surface area contributed by atoms with Gasteiger partial charge in [0.25, 0.3) is 0 Å². The highest BCUT2D eigenvalue weighted by atomic mass is 28.5. The van der Waals surface area contributed by atoms with E-state index in [0.29, 0.717) is 13.0 Å². The number of hydrogen-bond donors (Lipinski definition) is 0. The second-order valence-electron chi connectivity index (χ2n) is 10.8. The fourth-order valence-corrected chi connectivity index (χ4v) is 16.6. The second-order valence-corrected chi connectivity index (χ2v) is 19.7. The van der Waals surface area contributed by atoms with Crippen LogP contribution < -0.4 is 0 Å². The van der Waals surface area contributed by atoms with Crippen LogP contribution in [-0.2, 0) is 27.2 Å². The van der Waals surface area contributed by atoms with Gasteiger partial charge in [0.05, 0.1) is 33.3 Å². The first-order valence-electron chi connectivity index (χ1n) is 12.7. The van der Waals surface area contributed by atoms with Crippen molar-refractivity contribution in [1.29, 1.82) is 0 Å². The number of carbonyl (C=O) groups excluding carboxylic acids is 2. The molecular formula is C24H42N2O8Si2. The summed E-state index contributed by atoms with van der Waals surface area (Å²) in [4.78, 5) is 29.0. The number of nitrogens with zero attached hydrogens (tertiary/aromatic N) is 2. The molecule has 12 heteroatoms. The van der Waals surface area contributed by atoms with Gasteiger partial charge in [-0.3, -0.25) is 4.57 Å². The third kappa shape index (κ3) is 4.95. The van der Waals surface area contributed by atoms with Gasteiger partial charge in [-0.25, -0.2) is 14.6 Å². The molecule has 3 heterocycles. The van der Waals surface area contributed by atoms with Crippen LogP contribution in [0.25, 0.3) is 0 Å². The molecule has 1 aromatic heterocycles. The van der Waals surface area contributed by atoms with Gasteiger partial charge in [0, 0.05) is 6.42 Å². The molecule has 2 aliphatic rings. The van der Waals surface area contributed by atoms with E-state index in [4.69, 9.17) is 27.2 Å². The van der Waals surface area contributed by atoms with E-state index in [0.717, 1.165) is 0 Å². The average molecular weight is 543 g/mol. The summed E-state index contributed by atoms with van der Waals surface area (Å²) in [7, 11) is -2.99. The van der Waals surface area contributed by atoms with Crippen LogP contribution in [0, 0.1) is 0 Å². The molecule has 3 atom stereocenters. The smallest absolute Gasteiger partial charge is 0.359 e. The molecule has 0 amide bonds. The highest BCUT2D eigenvalue weighted by Gasteiger charge is 2.60. The maximum absolute atomic E-state index is 12.6. The van der Waals surface area contributed by atoms with Gasteiger partial charge < -0.3 is 27.2 Å². The van der Waals surface area contributed by atoms with E-state index in [2.05, 4.69) is 60.4 Å². The zero-order valence-corrected chi connectivity index (χ0v) is 25.2. The van der Waals surface area contributed by atoms with Crippen molar-refractivity contribution in [3.8, 4) is 0 Å². The Morgan fingerprint density at radius 1 is 0.917 bits per heavy atom. The van der Waals surface area contributed by atoms with Gasteiger partial charge in [-0.2, -0.15) is 0 Å². The van der Waals surface area contributed by atoms with Gasteiger partial charge >= 0.3 is 29.1 Å². The highest BCUT2D eigenvalue weighted by molar-refractivity contribution is 6.83. The number of imidazole rings is 1. The van der Waals surface area contributed by atoms with Crippen molar-refractivity contribution in [2.75, 3.05) is 20.8 Å². The molecule has 0 aliphatic carbocycles. The number of fused-ring (bicyclic) bond motifs is 1. The third-order valence-electron chi connectivity index (χ3n) is 7.39. The number of carbonyl (C=O) groups is 2. The lowest BCUT2D eigenvalue weighted by Crippen LogP contribution is -2.65. The SMILES string of the molecule is COC(=O)c1ncn([C@H]2C[C@@H]3O[Si](C(C)C)(C(C)C)O[Si](C(C)C)(C(C)C)OC[C@H]3O2)c1C(=O)OC. The molecular weight excluding hydrogens is 500 g/mol. The van der Waals surface area contributed by atoms with Crippen molar-refractivity contribution < 1.29 is 36.8 Å². The molecule has 0 aromatic carbocycles. The first kappa shape index (κ1) is 29.0. The molecule has 0 N–H and O–H groups in total. The molecule has 0 spiro atoms. The van der Waals surface area contributed by atoms with Crippen LogP contribution >= 0.6 is 0 Å². The normalized spacial score (nSPS) is 25.7. The molecule has 0 unspecified atom stereocenters. The average Bonchev–Trinajstić information content (AvgIpc) is 3.41. The summed E-state index contributed by atoms with van der Waals surface area (Å²) in [6, 6.07) is 0. The predicted molar refractivity (Wildman–Crippen MR) is 137 cm³/mol. The summed E-state index contributed by atoms with van der Waals surface area (Å²) in [6.45, 7) is 17.7. The maximum Gasteiger partial charge on any atom is 0.359 e. The summed E-state index contributed by atoms with van der Waals surface area (Å²) < 4.78 is 38.8. The predicted octanol–water partition coefficient (Wildman–Crippen LogP) is 4.70. The molecule has 2 fully saturated rings. The summed E-state index contributed by atoms with van der Waals surface area (Å²) in [5.74, 6) is -1.41. The minimum absolute atomic E-state index is 0.00917. The van der Waals surface area contributed by atoms with Gasteiger partial charge in [0.2, 0.25) is 0 Å². The Bertz CT molecular complexity index is 933. The quantitative estimate of drug-likeness (QED) is 0.358. The van der Waals surface area contributed by atoms with E-state index in [1.54, 1.807) is 0 Å². The number of esters is 2. The largest absolute Gasteiger partial charge is 0.464 e. The number of ether oxygens (including phenoxy) is 3. The Hall–Kier alpha value is -1.58. The zero-order valence-electron chi connectivity index (χ0n) is 23.2. The van der Waals surface area contributed by atoms with Gasteiger partial charge in [-0.15, -0.1) is 0 Å². The zero-order chi connectivity index (χ0) is 27.0. The molecule has 1 aromatic rings. The summed E-state index contributed by atoms with van der Waals surface area (Å²) in [5.41, 5.74) is 0.700. The molecule has 36 heavy (non-hydrogen) atoms. The monoisotopic (exact) mass is 542 g/mol. The lowest BCUT2D eigenvalue weighted by molar-refractivity contribution is -0.0560. The minimum Gasteiger partial charge on any atom is -0.464 e. The Kier molecular flexibility index (Phi) is 8.89. The van der Waals surface area contributed by atoms with Crippen LogP contribution in [0.2, 0.25) is 22.2 Å². The van der Waals surface area contributed by atoms with Gasteiger partial charge in [0.15, 0.2) is 11.4 Å². The summed E-state index contributed by atoms with van der Waals surface area (Å²) in [6.07, 6.45) is 0.609. The van der Waals surface area contributed by atoms with Gasteiger partial charge in [-0.05, 0) is 22.2 Å². The summed E-state index contributed by atoms with van der Waals surface area (Å²) in [5, 5.41) is 0. The van der Waals surface area contributed by atoms with Crippen LogP contribution in [0.1, 0.15) is 89.0 Å². The Labute approximate surface area is 216 Å². The fourth-order valence-electron chi connectivity index (χ4n) is 5.43. The first-order chi connectivity index (χ1) is 16.8. The lowest BCUT2D eigenvalue weighted by atomic mass is 10.2. The van der Waals surface area contributed by atoms with E-state index in [1.165, 1.54) is 25.1 Å². The summed E-state index contributed by atoms with van der Waals surface area (Å²) >= 11 is 0. The van der Waals surface area contributed by atoms with Crippen molar-refractivity contribution in [1.82, 2.24) is 9.55 Å². The number of methoxy groups -OCH3 is 2. The number of aromatic nitrogens is 2. The topological polar surface area (TPSA) is 107 Å². The van der Waals surface area contributed by atoms with Crippen LogP contribution in [-0.4, -0.2) is 71.6 Å². The molecule has 0 saturated carbocycles. The van der Waals surface area contributed by atoms with Crippen LogP contribution in [0.15, 0.2) is 6.33 Å². The molecule has 2 saturated heterocycles. The van der Waals surface area contributed by atoms with E-state index >= 15 is 0 Å². The molecule has 0 radical (unpaired) electrons. The molecule has 204 valence electrons. The van der Waals surface area contributed by atoms with Crippen LogP contribution in [0.3, 0.4) is 0 Å². The van der Waals surface area contributed by atoms with Crippen molar-refractivity contribution in [3.05, 3.63) is 17.7 Å². The van der Waals surface area contributed by atoms with Gasteiger partial charge in [0.1, 0.15) is 12.3 Å². The molecule has 2 aliphatic heterocycles. The number of rotatable bonds is 7. The fraction of sp³-hybridized carbons (Fsp3) is 0.792.